The van der Waals surface area contributed by atoms with Gasteiger partial charge in [-0.2, -0.15) is 5.10 Å². The fourth-order valence-corrected chi connectivity index (χ4v) is 2.23. The number of nitrogens with one attached hydrogen (secondary N) is 1. The lowest BCUT2D eigenvalue weighted by Crippen LogP contribution is -1.96. The molecule has 0 unspecified atom stereocenters. The zero-order valence-corrected chi connectivity index (χ0v) is 12.7. The minimum atomic E-state index is -0.457. The molecule has 2 aromatic carbocycles. The number of hydrogen-bond donors (Lipinski definition) is 1. The predicted molar refractivity (Wildman–Crippen MR) is 85.0 cm³/mol. The molecule has 0 amide bonds. The van der Waals surface area contributed by atoms with E-state index in [1.807, 2.05) is 12.1 Å². The molecule has 0 aliphatic rings. The molecular formula is C14H12BrN3O3. The van der Waals surface area contributed by atoms with Crippen LogP contribution in [0.1, 0.15) is 5.56 Å². The maximum atomic E-state index is 10.9. The third-order valence-electron chi connectivity index (χ3n) is 2.68. The van der Waals surface area contributed by atoms with Crippen molar-refractivity contribution in [3.63, 3.8) is 0 Å². The van der Waals surface area contributed by atoms with Crippen LogP contribution in [0.4, 0.5) is 11.4 Å². The number of hydrogen-bond acceptors (Lipinski definition) is 5. The molecule has 0 aliphatic carbocycles. The first kappa shape index (κ1) is 15.0. The van der Waals surface area contributed by atoms with Gasteiger partial charge in [0.15, 0.2) is 0 Å². The maximum Gasteiger partial charge on any atom is 0.294 e. The third-order valence-corrected chi connectivity index (χ3v) is 3.29. The van der Waals surface area contributed by atoms with E-state index in [9.17, 15) is 10.1 Å². The second-order valence-electron chi connectivity index (χ2n) is 4.04. The van der Waals surface area contributed by atoms with E-state index in [4.69, 9.17) is 4.74 Å². The number of ether oxygens (including phenoxy) is 1. The molecule has 0 bridgehead atoms. The molecule has 0 saturated heterocycles. The topological polar surface area (TPSA) is 76.8 Å². The highest BCUT2D eigenvalue weighted by Gasteiger charge is 2.10. The van der Waals surface area contributed by atoms with Crippen molar-refractivity contribution in [3.05, 3.63) is 62.6 Å². The highest BCUT2D eigenvalue weighted by atomic mass is 79.9. The van der Waals surface area contributed by atoms with Crippen LogP contribution in [0.5, 0.6) is 5.75 Å². The van der Waals surface area contributed by atoms with Crippen molar-refractivity contribution in [3.8, 4) is 5.75 Å². The Morgan fingerprint density at radius 2 is 2.10 bits per heavy atom. The Morgan fingerprint density at radius 1 is 1.33 bits per heavy atom. The van der Waals surface area contributed by atoms with Gasteiger partial charge < -0.3 is 4.74 Å². The van der Waals surface area contributed by atoms with Crippen molar-refractivity contribution < 1.29 is 9.66 Å². The number of nitro groups is 1. The minimum absolute atomic E-state index is 0.0226. The number of methoxy groups -OCH3 is 1. The molecule has 0 aliphatic heterocycles. The van der Waals surface area contributed by atoms with Gasteiger partial charge in [0.25, 0.3) is 5.69 Å². The van der Waals surface area contributed by atoms with Gasteiger partial charge >= 0.3 is 0 Å². The van der Waals surface area contributed by atoms with E-state index in [1.165, 1.54) is 6.07 Å². The average molecular weight is 350 g/mol. The summed E-state index contributed by atoms with van der Waals surface area (Å²) in [5.74, 6) is 0.721. The van der Waals surface area contributed by atoms with Crippen LogP contribution in [-0.2, 0) is 0 Å². The Bertz CT molecular complexity index is 689. The van der Waals surface area contributed by atoms with Crippen LogP contribution >= 0.6 is 15.9 Å². The highest BCUT2D eigenvalue weighted by molar-refractivity contribution is 9.10. The van der Waals surface area contributed by atoms with E-state index in [-0.39, 0.29) is 5.69 Å². The van der Waals surface area contributed by atoms with Gasteiger partial charge in [-0.15, -0.1) is 0 Å². The second-order valence-corrected chi connectivity index (χ2v) is 4.89. The number of rotatable bonds is 5. The molecule has 0 heterocycles. The smallest absolute Gasteiger partial charge is 0.294 e. The van der Waals surface area contributed by atoms with E-state index in [2.05, 4.69) is 26.5 Å². The second kappa shape index (κ2) is 6.85. The molecule has 0 saturated carbocycles. The lowest BCUT2D eigenvalue weighted by atomic mass is 10.2. The van der Waals surface area contributed by atoms with Gasteiger partial charge in [-0.1, -0.05) is 12.1 Å². The summed E-state index contributed by atoms with van der Waals surface area (Å²) in [6.45, 7) is 0. The van der Waals surface area contributed by atoms with E-state index in [0.29, 0.717) is 5.69 Å². The summed E-state index contributed by atoms with van der Waals surface area (Å²) in [6.07, 6.45) is 1.57. The van der Waals surface area contributed by atoms with Crippen molar-refractivity contribution in [2.24, 2.45) is 5.10 Å². The zero-order chi connectivity index (χ0) is 15.2. The van der Waals surface area contributed by atoms with Crippen LogP contribution < -0.4 is 10.2 Å². The Balaban J connectivity index is 2.13. The Kier molecular flexibility index (Phi) is 4.89. The van der Waals surface area contributed by atoms with Crippen molar-refractivity contribution in [2.45, 2.75) is 0 Å². The SMILES string of the molecule is COc1ccc(/C=N\Nc2ccccc2[N+](=O)[O-])cc1Br. The number of halogens is 1. The maximum absolute atomic E-state index is 10.9. The van der Waals surface area contributed by atoms with E-state index >= 15 is 0 Å². The summed E-state index contributed by atoms with van der Waals surface area (Å²) in [5.41, 5.74) is 3.82. The van der Waals surface area contributed by atoms with Crippen molar-refractivity contribution in [2.75, 3.05) is 12.5 Å². The van der Waals surface area contributed by atoms with Gasteiger partial charge in [-0.25, -0.2) is 0 Å². The summed E-state index contributed by atoms with van der Waals surface area (Å²) >= 11 is 3.38. The Morgan fingerprint density at radius 3 is 2.76 bits per heavy atom. The molecule has 7 heteroatoms. The first-order valence-electron chi connectivity index (χ1n) is 5.98. The van der Waals surface area contributed by atoms with Crippen molar-refractivity contribution >= 4 is 33.5 Å². The van der Waals surface area contributed by atoms with E-state index in [0.717, 1.165) is 15.8 Å². The number of nitro benzene ring substituents is 1. The summed E-state index contributed by atoms with van der Waals surface area (Å²) < 4.78 is 5.94. The zero-order valence-electron chi connectivity index (χ0n) is 11.1. The van der Waals surface area contributed by atoms with Crippen LogP contribution in [0.15, 0.2) is 52.0 Å². The van der Waals surface area contributed by atoms with Gasteiger partial charge in [-0.05, 0) is 45.8 Å². The fraction of sp³-hybridized carbons (Fsp3) is 0.0714. The quantitative estimate of drug-likeness (QED) is 0.505. The van der Waals surface area contributed by atoms with Crippen LogP contribution in [0.3, 0.4) is 0 Å². The fourth-order valence-electron chi connectivity index (χ4n) is 1.67. The molecule has 1 N–H and O–H groups in total. The first-order valence-corrected chi connectivity index (χ1v) is 6.77. The third kappa shape index (κ3) is 3.79. The number of benzene rings is 2. The number of para-hydroxylation sites is 2. The van der Waals surface area contributed by atoms with Crippen LogP contribution in [0.25, 0.3) is 0 Å². The molecule has 2 aromatic rings. The summed E-state index contributed by atoms with van der Waals surface area (Å²) in [6, 6.07) is 11.8. The monoisotopic (exact) mass is 349 g/mol. The van der Waals surface area contributed by atoms with Crippen LogP contribution in [0.2, 0.25) is 0 Å². The first-order chi connectivity index (χ1) is 10.1. The van der Waals surface area contributed by atoms with Crippen LogP contribution in [-0.4, -0.2) is 18.2 Å². The molecule has 2 rings (SSSR count). The van der Waals surface area contributed by atoms with Gasteiger partial charge in [0.1, 0.15) is 11.4 Å². The van der Waals surface area contributed by atoms with Gasteiger partial charge in [0.05, 0.1) is 22.7 Å². The molecule has 0 aromatic heterocycles. The largest absolute Gasteiger partial charge is 0.496 e. The Hall–Kier alpha value is -2.41. The number of nitrogens with zero attached hydrogens (tertiary/aromatic N) is 2. The standard InChI is InChI=1S/C14H12BrN3O3/c1-21-14-7-6-10(8-11(14)15)9-16-17-12-4-2-3-5-13(12)18(19)20/h2-9,17H,1H3/b16-9-. The normalized spacial score (nSPS) is 10.6. The molecule has 0 atom stereocenters. The molecule has 21 heavy (non-hydrogen) atoms. The highest BCUT2D eigenvalue weighted by Crippen LogP contribution is 2.25. The molecule has 6 nitrogen and oxygen atoms in total. The van der Waals surface area contributed by atoms with Crippen LogP contribution in [0, 0.1) is 10.1 Å². The predicted octanol–water partition coefficient (Wildman–Crippen LogP) is 3.81. The van der Waals surface area contributed by atoms with Gasteiger partial charge in [0.2, 0.25) is 0 Å². The molecule has 0 fully saturated rings. The summed E-state index contributed by atoms with van der Waals surface area (Å²) in [7, 11) is 1.59. The lowest BCUT2D eigenvalue weighted by molar-refractivity contribution is -0.384. The average Bonchev–Trinajstić information content (AvgIpc) is 2.48. The molecule has 0 radical (unpaired) electrons. The minimum Gasteiger partial charge on any atom is -0.496 e. The Labute approximate surface area is 129 Å². The van der Waals surface area contributed by atoms with Crippen molar-refractivity contribution in [1.29, 1.82) is 0 Å². The number of hydrazone groups is 1. The molecule has 108 valence electrons. The van der Waals surface area contributed by atoms with Crippen molar-refractivity contribution in [1.82, 2.24) is 0 Å². The molecular weight excluding hydrogens is 338 g/mol. The lowest BCUT2D eigenvalue weighted by Gasteiger charge is -2.03. The number of anilines is 1. The van der Waals surface area contributed by atoms with Gasteiger partial charge in [0, 0.05) is 6.07 Å². The molecule has 0 spiro atoms. The summed E-state index contributed by atoms with van der Waals surface area (Å²) in [5, 5.41) is 14.9. The summed E-state index contributed by atoms with van der Waals surface area (Å²) in [4.78, 5) is 10.4. The van der Waals surface area contributed by atoms with E-state index in [1.54, 1.807) is 37.6 Å². The van der Waals surface area contributed by atoms with Gasteiger partial charge in [-0.3, -0.25) is 15.5 Å². The van der Waals surface area contributed by atoms with E-state index < -0.39 is 4.92 Å².